The number of nitrogens with one attached hydrogen (secondary N) is 1. The lowest BCUT2D eigenvalue weighted by molar-refractivity contribution is 0.0929. The van der Waals surface area contributed by atoms with Gasteiger partial charge in [-0.1, -0.05) is 36.8 Å². The fourth-order valence-electron chi connectivity index (χ4n) is 2.00. The first-order chi connectivity index (χ1) is 9.61. The van der Waals surface area contributed by atoms with Crippen LogP contribution in [0, 0.1) is 6.92 Å². The standard InChI is InChI=1S/C16H17BrN2O/c1-3-14(12-8-6-11(2)7-9-12)19-16(20)15-13(17)5-4-10-18-15/h4-10,14H,3H2,1-2H3,(H,19,20). The smallest absolute Gasteiger partial charge is 0.271 e. The average molecular weight is 333 g/mol. The van der Waals surface area contributed by atoms with E-state index in [2.05, 4.69) is 57.4 Å². The Kier molecular flexibility index (Phi) is 4.90. The van der Waals surface area contributed by atoms with E-state index in [0.29, 0.717) is 10.2 Å². The molecule has 104 valence electrons. The summed E-state index contributed by atoms with van der Waals surface area (Å²) in [5.41, 5.74) is 2.74. The van der Waals surface area contributed by atoms with Gasteiger partial charge in [-0.3, -0.25) is 4.79 Å². The van der Waals surface area contributed by atoms with E-state index in [1.54, 1.807) is 12.3 Å². The summed E-state index contributed by atoms with van der Waals surface area (Å²) in [6.45, 7) is 4.10. The number of hydrogen-bond donors (Lipinski definition) is 1. The molecule has 0 fully saturated rings. The molecular formula is C16H17BrN2O. The van der Waals surface area contributed by atoms with E-state index < -0.39 is 0 Å². The fourth-order valence-corrected chi connectivity index (χ4v) is 2.43. The van der Waals surface area contributed by atoms with Crippen molar-refractivity contribution in [2.45, 2.75) is 26.3 Å². The van der Waals surface area contributed by atoms with Gasteiger partial charge in [0.1, 0.15) is 5.69 Å². The van der Waals surface area contributed by atoms with Gasteiger partial charge in [0.2, 0.25) is 0 Å². The summed E-state index contributed by atoms with van der Waals surface area (Å²) in [5, 5.41) is 3.03. The van der Waals surface area contributed by atoms with Crippen LogP contribution in [0.4, 0.5) is 0 Å². The van der Waals surface area contributed by atoms with Crippen molar-refractivity contribution in [1.82, 2.24) is 10.3 Å². The fraction of sp³-hybridized carbons (Fsp3) is 0.250. The number of nitrogens with zero attached hydrogens (tertiary/aromatic N) is 1. The highest BCUT2D eigenvalue weighted by molar-refractivity contribution is 9.10. The van der Waals surface area contributed by atoms with Crippen molar-refractivity contribution in [3.05, 3.63) is 63.9 Å². The van der Waals surface area contributed by atoms with Crippen molar-refractivity contribution in [3.63, 3.8) is 0 Å². The quantitative estimate of drug-likeness (QED) is 0.918. The Morgan fingerprint density at radius 2 is 2.00 bits per heavy atom. The molecule has 1 aromatic carbocycles. The van der Waals surface area contributed by atoms with E-state index in [-0.39, 0.29) is 11.9 Å². The number of benzene rings is 1. The van der Waals surface area contributed by atoms with Gasteiger partial charge in [-0.15, -0.1) is 0 Å². The molecular weight excluding hydrogens is 316 g/mol. The van der Waals surface area contributed by atoms with Gasteiger partial charge >= 0.3 is 0 Å². The Balaban J connectivity index is 2.16. The summed E-state index contributed by atoms with van der Waals surface area (Å²) < 4.78 is 0.705. The lowest BCUT2D eigenvalue weighted by Crippen LogP contribution is -2.29. The van der Waals surface area contributed by atoms with Crippen LogP contribution in [0.25, 0.3) is 0 Å². The molecule has 1 heterocycles. The van der Waals surface area contributed by atoms with Crippen LogP contribution in [-0.4, -0.2) is 10.9 Å². The summed E-state index contributed by atoms with van der Waals surface area (Å²) in [7, 11) is 0. The molecule has 0 aliphatic carbocycles. The van der Waals surface area contributed by atoms with Crippen molar-refractivity contribution in [3.8, 4) is 0 Å². The Labute approximate surface area is 127 Å². The summed E-state index contributed by atoms with van der Waals surface area (Å²) >= 11 is 3.35. The summed E-state index contributed by atoms with van der Waals surface area (Å²) in [4.78, 5) is 16.4. The second kappa shape index (κ2) is 6.66. The lowest BCUT2D eigenvalue weighted by atomic mass is 10.0. The summed E-state index contributed by atoms with van der Waals surface area (Å²) in [6, 6.07) is 11.8. The topological polar surface area (TPSA) is 42.0 Å². The maximum atomic E-state index is 12.3. The predicted octanol–water partition coefficient (Wildman–Crippen LogP) is 4.03. The molecule has 1 atom stereocenters. The summed E-state index contributed by atoms with van der Waals surface area (Å²) in [6.07, 6.45) is 2.45. The molecule has 1 amide bonds. The first kappa shape index (κ1) is 14.7. The van der Waals surface area contributed by atoms with Crippen LogP contribution in [0.1, 0.15) is 41.0 Å². The number of hydrogen-bond acceptors (Lipinski definition) is 2. The maximum Gasteiger partial charge on any atom is 0.271 e. The average Bonchev–Trinajstić information content (AvgIpc) is 2.46. The van der Waals surface area contributed by atoms with Gasteiger partial charge < -0.3 is 5.32 Å². The van der Waals surface area contributed by atoms with Gasteiger partial charge in [-0.05, 0) is 47.0 Å². The predicted molar refractivity (Wildman–Crippen MR) is 83.6 cm³/mol. The van der Waals surface area contributed by atoms with Crippen LogP contribution in [0.15, 0.2) is 47.1 Å². The largest absolute Gasteiger partial charge is 0.344 e. The second-order valence-electron chi connectivity index (χ2n) is 4.68. The SMILES string of the molecule is CCC(NC(=O)c1ncccc1Br)c1ccc(C)cc1. The van der Waals surface area contributed by atoms with Crippen molar-refractivity contribution in [2.24, 2.45) is 0 Å². The Morgan fingerprint density at radius 3 is 2.60 bits per heavy atom. The molecule has 4 heteroatoms. The lowest BCUT2D eigenvalue weighted by Gasteiger charge is -2.17. The van der Waals surface area contributed by atoms with Gasteiger partial charge in [0.25, 0.3) is 5.91 Å². The highest BCUT2D eigenvalue weighted by atomic mass is 79.9. The molecule has 3 nitrogen and oxygen atoms in total. The Hall–Kier alpha value is -1.68. The molecule has 2 rings (SSSR count). The number of aryl methyl sites for hydroxylation is 1. The van der Waals surface area contributed by atoms with Crippen LogP contribution < -0.4 is 5.32 Å². The van der Waals surface area contributed by atoms with Crippen molar-refractivity contribution < 1.29 is 4.79 Å². The normalized spacial score (nSPS) is 11.9. The summed E-state index contributed by atoms with van der Waals surface area (Å²) in [5.74, 6) is -0.162. The van der Waals surface area contributed by atoms with Gasteiger partial charge in [0, 0.05) is 10.7 Å². The highest BCUT2D eigenvalue weighted by Crippen LogP contribution is 2.19. The zero-order valence-electron chi connectivity index (χ0n) is 11.6. The molecule has 0 saturated carbocycles. The van der Waals surface area contributed by atoms with Crippen LogP contribution in [0.5, 0.6) is 0 Å². The molecule has 20 heavy (non-hydrogen) atoms. The van der Waals surface area contributed by atoms with Crippen molar-refractivity contribution >= 4 is 21.8 Å². The minimum Gasteiger partial charge on any atom is -0.344 e. The number of pyridine rings is 1. The number of carbonyl (C=O) groups is 1. The van der Waals surface area contributed by atoms with Crippen LogP contribution in [0.3, 0.4) is 0 Å². The Bertz CT molecular complexity index is 596. The number of rotatable bonds is 4. The van der Waals surface area contributed by atoms with E-state index in [4.69, 9.17) is 0 Å². The third-order valence-corrected chi connectivity index (χ3v) is 3.81. The van der Waals surface area contributed by atoms with E-state index in [1.807, 2.05) is 13.0 Å². The number of carbonyl (C=O) groups excluding carboxylic acids is 1. The second-order valence-corrected chi connectivity index (χ2v) is 5.53. The minimum atomic E-state index is -0.162. The van der Waals surface area contributed by atoms with Gasteiger partial charge in [0.05, 0.1) is 6.04 Å². The van der Waals surface area contributed by atoms with E-state index in [1.165, 1.54) is 5.56 Å². The van der Waals surface area contributed by atoms with E-state index in [0.717, 1.165) is 12.0 Å². The monoisotopic (exact) mass is 332 g/mol. The first-order valence-corrected chi connectivity index (χ1v) is 7.39. The number of aromatic nitrogens is 1. The molecule has 0 aliphatic rings. The number of halogens is 1. The molecule has 2 aromatic rings. The number of amides is 1. The van der Waals surface area contributed by atoms with Gasteiger partial charge in [-0.25, -0.2) is 4.98 Å². The van der Waals surface area contributed by atoms with Gasteiger partial charge in [-0.2, -0.15) is 0 Å². The Morgan fingerprint density at radius 1 is 1.30 bits per heavy atom. The van der Waals surface area contributed by atoms with E-state index >= 15 is 0 Å². The molecule has 0 saturated heterocycles. The highest BCUT2D eigenvalue weighted by Gasteiger charge is 2.16. The third kappa shape index (κ3) is 3.45. The zero-order chi connectivity index (χ0) is 14.5. The molecule has 0 bridgehead atoms. The first-order valence-electron chi connectivity index (χ1n) is 6.59. The van der Waals surface area contributed by atoms with Crippen LogP contribution in [-0.2, 0) is 0 Å². The molecule has 0 aliphatic heterocycles. The van der Waals surface area contributed by atoms with Crippen molar-refractivity contribution in [2.75, 3.05) is 0 Å². The maximum absolute atomic E-state index is 12.3. The zero-order valence-corrected chi connectivity index (χ0v) is 13.1. The molecule has 0 spiro atoms. The molecule has 0 radical (unpaired) electrons. The molecule has 1 aromatic heterocycles. The van der Waals surface area contributed by atoms with E-state index in [9.17, 15) is 4.79 Å². The minimum absolute atomic E-state index is 0.00277. The van der Waals surface area contributed by atoms with Crippen molar-refractivity contribution in [1.29, 1.82) is 0 Å². The van der Waals surface area contributed by atoms with Gasteiger partial charge in [0.15, 0.2) is 0 Å². The van der Waals surface area contributed by atoms with Crippen LogP contribution >= 0.6 is 15.9 Å². The third-order valence-electron chi connectivity index (χ3n) is 3.17. The van der Waals surface area contributed by atoms with Crippen LogP contribution in [0.2, 0.25) is 0 Å². The molecule has 1 unspecified atom stereocenters. The molecule has 1 N–H and O–H groups in total.